The van der Waals surface area contributed by atoms with Crippen molar-refractivity contribution in [3.05, 3.63) is 101 Å². The number of ether oxygens (including phenoxy) is 1. The van der Waals surface area contributed by atoms with Crippen molar-refractivity contribution in [3.63, 3.8) is 0 Å². The van der Waals surface area contributed by atoms with E-state index >= 15 is 0 Å². The molecule has 1 aliphatic carbocycles. The molecule has 4 nitrogen and oxygen atoms in total. The molecule has 0 fully saturated rings. The van der Waals surface area contributed by atoms with Crippen LogP contribution >= 0.6 is 0 Å². The van der Waals surface area contributed by atoms with E-state index in [0.29, 0.717) is 12.5 Å². The Balaban J connectivity index is 1.77. The maximum Gasteiger partial charge on any atom is 0.237 e. The van der Waals surface area contributed by atoms with Crippen molar-refractivity contribution >= 4 is 5.91 Å². The zero-order chi connectivity index (χ0) is 21.6. The van der Waals surface area contributed by atoms with Crippen molar-refractivity contribution in [1.29, 1.82) is 0 Å². The molecule has 1 amide bonds. The zero-order valence-corrected chi connectivity index (χ0v) is 18.0. The van der Waals surface area contributed by atoms with E-state index < -0.39 is 0 Å². The monoisotopic (exact) mass is 414 g/mol. The molecule has 3 aromatic carbocycles. The Morgan fingerprint density at radius 3 is 2.32 bits per heavy atom. The molecule has 2 unspecified atom stereocenters. The van der Waals surface area contributed by atoms with E-state index in [1.807, 2.05) is 35.2 Å². The van der Waals surface area contributed by atoms with Gasteiger partial charge in [0.2, 0.25) is 5.91 Å². The predicted octanol–water partition coefficient (Wildman–Crippen LogP) is 4.53. The van der Waals surface area contributed by atoms with Crippen LogP contribution in [-0.4, -0.2) is 24.5 Å². The summed E-state index contributed by atoms with van der Waals surface area (Å²) in [5.74, 6) is 1.10. The number of nitrogens with zero attached hydrogens (tertiary/aromatic N) is 1. The second-order valence-corrected chi connectivity index (χ2v) is 8.21. The van der Waals surface area contributed by atoms with Crippen LogP contribution in [0, 0.1) is 5.92 Å². The van der Waals surface area contributed by atoms with Crippen LogP contribution in [0.25, 0.3) is 0 Å². The Kier molecular flexibility index (Phi) is 6.68. The molecule has 0 bridgehead atoms. The average Bonchev–Trinajstić information content (AvgIpc) is 2.83. The fraction of sp³-hybridized carbons (Fsp3) is 0.296. The molecule has 160 valence electrons. The molecule has 0 heterocycles. The first-order chi connectivity index (χ1) is 15.2. The van der Waals surface area contributed by atoms with Gasteiger partial charge in [0.25, 0.3) is 0 Å². The van der Waals surface area contributed by atoms with E-state index in [0.717, 1.165) is 30.6 Å². The molecular weight excluding hydrogens is 384 g/mol. The number of nitrogens with two attached hydrogens (primary N) is 1. The van der Waals surface area contributed by atoms with E-state index in [1.54, 1.807) is 7.11 Å². The number of aryl methyl sites for hydroxylation is 1. The van der Waals surface area contributed by atoms with Crippen molar-refractivity contribution in [2.24, 2.45) is 11.7 Å². The van der Waals surface area contributed by atoms with Crippen molar-refractivity contribution in [2.45, 2.75) is 31.8 Å². The van der Waals surface area contributed by atoms with Gasteiger partial charge in [-0.15, -0.1) is 0 Å². The minimum absolute atomic E-state index is 0.000687. The van der Waals surface area contributed by atoms with Crippen LogP contribution < -0.4 is 10.5 Å². The molecule has 2 atom stereocenters. The third kappa shape index (κ3) is 4.80. The van der Waals surface area contributed by atoms with Crippen molar-refractivity contribution in [1.82, 2.24) is 4.90 Å². The van der Waals surface area contributed by atoms with E-state index in [2.05, 4.69) is 48.5 Å². The first kappa shape index (κ1) is 21.1. The van der Waals surface area contributed by atoms with Gasteiger partial charge in [-0.2, -0.15) is 0 Å². The molecule has 0 aliphatic heterocycles. The van der Waals surface area contributed by atoms with E-state index in [4.69, 9.17) is 10.5 Å². The van der Waals surface area contributed by atoms with Crippen molar-refractivity contribution in [3.8, 4) is 5.75 Å². The lowest BCUT2D eigenvalue weighted by atomic mass is 9.76. The van der Waals surface area contributed by atoms with Crippen LogP contribution in [-0.2, 0) is 24.2 Å². The number of carbonyl (C=O) groups is 1. The first-order valence-corrected chi connectivity index (χ1v) is 10.9. The van der Waals surface area contributed by atoms with Gasteiger partial charge in [0.1, 0.15) is 5.75 Å². The van der Waals surface area contributed by atoms with Gasteiger partial charge < -0.3 is 15.4 Å². The molecule has 0 saturated heterocycles. The normalized spacial score (nSPS) is 17.6. The third-order valence-corrected chi connectivity index (χ3v) is 6.27. The lowest BCUT2D eigenvalue weighted by Crippen LogP contribution is -2.43. The second kappa shape index (κ2) is 9.80. The van der Waals surface area contributed by atoms with Crippen LogP contribution in [0.1, 0.15) is 34.7 Å². The summed E-state index contributed by atoms with van der Waals surface area (Å²) in [7, 11) is 1.69. The molecule has 0 saturated carbocycles. The molecule has 1 aliphatic rings. The summed E-state index contributed by atoms with van der Waals surface area (Å²) in [4.78, 5) is 15.1. The Hall–Kier alpha value is -3.11. The summed E-state index contributed by atoms with van der Waals surface area (Å²) in [6.07, 6.45) is 2.96. The predicted molar refractivity (Wildman–Crippen MR) is 124 cm³/mol. The summed E-state index contributed by atoms with van der Waals surface area (Å²) < 4.78 is 5.54. The zero-order valence-electron chi connectivity index (χ0n) is 18.0. The minimum atomic E-state index is -0.0460. The van der Waals surface area contributed by atoms with Gasteiger partial charge in [-0.3, -0.25) is 4.79 Å². The molecule has 3 aromatic rings. The Morgan fingerprint density at radius 2 is 1.68 bits per heavy atom. The first-order valence-electron chi connectivity index (χ1n) is 10.9. The lowest BCUT2D eigenvalue weighted by molar-refractivity contribution is -0.134. The quantitative estimate of drug-likeness (QED) is 0.618. The number of hydrogen-bond acceptors (Lipinski definition) is 3. The van der Waals surface area contributed by atoms with Crippen LogP contribution in [0.3, 0.4) is 0 Å². The number of carbonyl (C=O) groups excluding carboxylic acids is 1. The fourth-order valence-corrected chi connectivity index (χ4v) is 4.75. The maximum absolute atomic E-state index is 13.1. The molecule has 2 N–H and O–H groups in total. The van der Waals surface area contributed by atoms with Crippen molar-refractivity contribution < 1.29 is 9.53 Å². The molecule has 4 rings (SSSR count). The smallest absolute Gasteiger partial charge is 0.237 e. The SMILES string of the molecule is COc1ccc2c(c1)C(N(Cc1ccccc1)C(=O)CN)C(Cc1ccccc1)CC2. The van der Waals surface area contributed by atoms with E-state index in [1.165, 1.54) is 16.7 Å². The largest absolute Gasteiger partial charge is 0.497 e. The van der Waals surface area contributed by atoms with Gasteiger partial charge in [-0.1, -0.05) is 66.7 Å². The van der Waals surface area contributed by atoms with Crippen LogP contribution in [0.5, 0.6) is 5.75 Å². The van der Waals surface area contributed by atoms with E-state index in [-0.39, 0.29) is 18.5 Å². The maximum atomic E-state index is 13.1. The number of rotatable bonds is 7. The summed E-state index contributed by atoms with van der Waals surface area (Å²) in [5.41, 5.74) is 10.8. The Morgan fingerprint density at radius 1 is 1.00 bits per heavy atom. The third-order valence-electron chi connectivity index (χ3n) is 6.27. The van der Waals surface area contributed by atoms with Crippen LogP contribution in [0.15, 0.2) is 78.9 Å². The Bertz CT molecular complexity index is 1000. The number of hydrogen-bond donors (Lipinski definition) is 1. The second-order valence-electron chi connectivity index (χ2n) is 8.21. The molecule has 31 heavy (non-hydrogen) atoms. The van der Waals surface area contributed by atoms with Gasteiger partial charge in [0.05, 0.1) is 19.7 Å². The summed E-state index contributed by atoms with van der Waals surface area (Å²) in [5, 5.41) is 0. The average molecular weight is 415 g/mol. The summed E-state index contributed by atoms with van der Waals surface area (Å²) in [6.45, 7) is 0.546. The van der Waals surface area contributed by atoms with Gasteiger partial charge >= 0.3 is 0 Å². The number of amides is 1. The van der Waals surface area contributed by atoms with Gasteiger partial charge in [-0.25, -0.2) is 0 Å². The molecule has 0 spiro atoms. The van der Waals surface area contributed by atoms with Gasteiger partial charge in [-0.05, 0) is 59.6 Å². The highest BCUT2D eigenvalue weighted by molar-refractivity contribution is 5.78. The summed E-state index contributed by atoms with van der Waals surface area (Å²) >= 11 is 0. The molecule has 0 aromatic heterocycles. The topological polar surface area (TPSA) is 55.6 Å². The number of fused-ring (bicyclic) bond motifs is 1. The van der Waals surface area contributed by atoms with Crippen molar-refractivity contribution in [2.75, 3.05) is 13.7 Å². The summed E-state index contributed by atoms with van der Waals surface area (Å²) in [6, 6.07) is 26.9. The van der Waals surface area contributed by atoms with E-state index in [9.17, 15) is 4.79 Å². The van der Waals surface area contributed by atoms with Gasteiger partial charge in [0.15, 0.2) is 0 Å². The lowest BCUT2D eigenvalue weighted by Gasteiger charge is -2.41. The number of methoxy groups -OCH3 is 1. The molecule has 0 radical (unpaired) electrons. The number of benzene rings is 3. The minimum Gasteiger partial charge on any atom is -0.497 e. The van der Waals surface area contributed by atoms with Gasteiger partial charge in [0, 0.05) is 6.54 Å². The highest BCUT2D eigenvalue weighted by atomic mass is 16.5. The Labute approximate surface area is 184 Å². The fourth-order valence-electron chi connectivity index (χ4n) is 4.75. The van der Waals surface area contributed by atoms with Crippen LogP contribution in [0.4, 0.5) is 0 Å². The van der Waals surface area contributed by atoms with Crippen LogP contribution in [0.2, 0.25) is 0 Å². The molecule has 4 heteroatoms. The highest BCUT2D eigenvalue weighted by Gasteiger charge is 2.36. The molecular formula is C27H30N2O2. The standard InChI is InChI=1S/C27H30N2O2/c1-31-24-15-14-22-12-13-23(16-20-8-4-2-5-9-20)27(25(22)17-24)29(26(30)18-28)19-21-10-6-3-7-11-21/h2-11,14-15,17,23,27H,12-13,16,18-19,28H2,1H3. The highest BCUT2D eigenvalue weighted by Crippen LogP contribution is 2.42.